The number of anilines is 1. The lowest BCUT2D eigenvalue weighted by Gasteiger charge is -2.22. The average Bonchev–Trinajstić information content (AvgIpc) is 3.53. The van der Waals surface area contributed by atoms with Gasteiger partial charge >= 0.3 is 0 Å². The standard InChI is InChI=1S/C26H28N2O4S/c1-3-27(26(30)20-9-11-21(12-10-20)28-14-4-7-25(28)29)17-19-8-13-23(24(16-19)31-2)32-18-22-6-5-15-33-22/h5-6,8-13,15-16H,3-4,7,14,17-18H2,1-2H3. The molecular formula is C26H28N2O4S. The normalized spacial score (nSPS) is 13.3. The van der Waals surface area contributed by atoms with Crippen LogP contribution in [0, 0.1) is 0 Å². The van der Waals surface area contributed by atoms with Crippen molar-refractivity contribution in [2.24, 2.45) is 0 Å². The molecule has 2 heterocycles. The molecule has 0 spiro atoms. The van der Waals surface area contributed by atoms with Crippen molar-refractivity contribution < 1.29 is 19.1 Å². The molecule has 7 heteroatoms. The molecule has 1 fully saturated rings. The van der Waals surface area contributed by atoms with Crippen molar-refractivity contribution in [1.29, 1.82) is 0 Å². The van der Waals surface area contributed by atoms with Crippen LogP contribution in [-0.2, 0) is 17.9 Å². The fourth-order valence-electron chi connectivity index (χ4n) is 3.91. The summed E-state index contributed by atoms with van der Waals surface area (Å²) in [6.45, 7) is 4.23. The molecule has 0 unspecified atom stereocenters. The minimum absolute atomic E-state index is 0.0474. The highest BCUT2D eigenvalue weighted by Gasteiger charge is 2.22. The van der Waals surface area contributed by atoms with Crippen LogP contribution in [0.2, 0.25) is 0 Å². The minimum atomic E-state index is -0.0474. The zero-order valence-electron chi connectivity index (χ0n) is 19.0. The van der Waals surface area contributed by atoms with Crippen LogP contribution < -0.4 is 14.4 Å². The van der Waals surface area contributed by atoms with Crippen molar-refractivity contribution in [1.82, 2.24) is 4.90 Å². The van der Waals surface area contributed by atoms with Crippen LogP contribution in [0.3, 0.4) is 0 Å². The maximum Gasteiger partial charge on any atom is 0.254 e. The number of carbonyl (C=O) groups is 2. The van der Waals surface area contributed by atoms with Crippen molar-refractivity contribution in [3.8, 4) is 11.5 Å². The van der Waals surface area contributed by atoms with E-state index in [2.05, 4.69) is 0 Å². The van der Waals surface area contributed by atoms with Gasteiger partial charge in [-0.2, -0.15) is 0 Å². The molecule has 1 saturated heterocycles. The van der Waals surface area contributed by atoms with Gasteiger partial charge in [-0.05, 0) is 66.8 Å². The minimum Gasteiger partial charge on any atom is -0.493 e. The highest BCUT2D eigenvalue weighted by molar-refractivity contribution is 7.09. The van der Waals surface area contributed by atoms with Gasteiger partial charge < -0.3 is 19.3 Å². The molecule has 6 nitrogen and oxygen atoms in total. The Hall–Kier alpha value is -3.32. The Morgan fingerprint density at radius 3 is 2.58 bits per heavy atom. The van der Waals surface area contributed by atoms with Crippen molar-refractivity contribution in [3.05, 3.63) is 76.0 Å². The van der Waals surface area contributed by atoms with E-state index >= 15 is 0 Å². The van der Waals surface area contributed by atoms with Gasteiger partial charge in [0.05, 0.1) is 7.11 Å². The number of hydrogen-bond donors (Lipinski definition) is 0. The molecular weight excluding hydrogens is 436 g/mol. The van der Waals surface area contributed by atoms with Crippen molar-refractivity contribution in [3.63, 3.8) is 0 Å². The van der Waals surface area contributed by atoms with E-state index in [1.807, 2.05) is 54.8 Å². The summed E-state index contributed by atoms with van der Waals surface area (Å²) in [5.74, 6) is 1.41. The smallest absolute Gasteiger partial charge is 0.254 e. The number of thiophene rings is 1. The number of methoxy groups -OCH3 is 1. The number of rotatable bonds is 9. The Kier molecular flexibility index (Phi) is 7.29. The highest BCUT2D eigenvalue weighted by Crippen LogP contribution is 2.30. The molecule has 1 aromatic heterocycles. The summed E-state index contributed by atoms with van der Waals surface area (Å²) in [6.07, 6.45) is 1.47. The van der Waals surface area contributed by atoms with Crippen LogP contribution in [0.5, 0.6) is 11.5 Å². The van der Waals surface area contributed by atoms with Gasteiger partial charge in [0.25, 0.3) is 5.91 Å². The molecule has 2 amide bonds. The van der Waals surface area contributed by atoms with E-state index in [-0.39, 0.29) is 11.8 Å². The van der Waals surface area contributed by atoms with Crippen molar-refractivity contribution in [2.75, 3.05) is 25.1 Å². The average molecular weight is 465 g/mol. The van der Waals surface area contributed by atoms with Crippen LogP contribution in [0.4, 0.5) is 5.69 Å². The van der Waals surface area contributed by atoms with Crippen LogP contribution >= 0.6 is 11.3 Å². The highest BCUT2D eigenvalue weighted by atomic mass is 32.1. The van der Waals surface area contributed by atoms with Gasteiger partial charge in [0.2, 0.25) is 5.91 Å². The van der Waals surface area contributed by atoms with Gasteiger partial charge in [0.1, 0.15) is 6.61 Å². The van der Waals surface area contributed by atoms with Crippen LogP contribution in [0.1, 0.15) is 40.6 Å². The Morgan fingerprint density at radius 2 is 1.94 bits per heavy atom. The van der Waals surface area contributed by atoms with E-state index in [1.165, 1.54) is 0 Å². The second-order valence-electron chi connectivity index (χ2n) is 7.87. The molecule has 0 bridgehead atoms. The van der Waals surface area contributed by atoms with E-state index in [0.717, 1.165) is 29.1 Å². The summed E-state index contributed by atoms with van der Waals surface area (Å²) < 4.78 is 11.4. The lowest BCUT2D eigenvalue weighted by Crippen LogP contribution is -2.30. The molecule has 1 aliphatic heterocycles. The summed E-state index contributed by atoms with van der Waals surface area (Å²) in [5, 5.41) is 2.02. The van der Waals surface area contributed by atoms with Crippen LogP contribution in [0.25, 0.3) is 0 Å². The predicted molar refractivity (Wildman–Crippen MR) is 130 cm³/mol. The zero-order chi connectivity index (χ0) is 23.2. The maximum absolute atomic E-state index is 13.1. The summed E-state index contributed by atoms with van der Waals surface area (Å²) in [6, 6.07) is 17.1. The third-order valence-electron chi connectivity index (χ3n) is 5.72. The number of amides is 2. The van der Waals surface area contributed by atoms with E-state index < -0.39 is 0 Å². The van der Waals surface area contributed by atoms with Crippen LogP contribution in [-0.4, -0.2) is 36.9 Å². The number of benzene rings is 2. The lowest BCUT2D eigenvalue weighted by molar-refractivity contribution is -0.117. The Balaban J connectivity index is 1.43. The molecule has 2 aromatic carbocycles. The summed E-state index contributed by atoms with van der Waals surface area (Å²) in [5.41, 5.74) is 2.42. The molecule has 4 rings (SSSR count). The zero-order valence-corrected chi connectivity index (χ0v) is 19.8. The first-order valence-corrected chi connectivity index (χ1v) is 12.0. The van der Waals surface area contributed by atoms with Crippen LogP contribution in [0.15, 0.2) is 60.0 Å². The third kappa shape index (κ3) is 5.37. The summed E-state index contributed by atoms with van der Waals surface area (Å²) >= 11 is 1.65. The maximum atomic E-state index is 13.1. The monoisotopic (exact) mass is 464 g/mol. The first-order chi connectivity index (χ1) is 16.1. The van der Waals surface area contributed by atoms with Gasteiger partial charge in [-0.1, -0.05) is 12.1 Å². The molecule has 0 saturated carbocycles. The molecule has 1 aliphatic rings. The van der Waals surface area contributed by atoms with E-state index in [9.17, 15) is 9.59 Å². The second kappa shape index (κ2) is 10.5. The topological polar surface area (TPSA) is 59.1 Å². The number of ether oxygens (including phenoxy) is 2. The van der Waals surface area contributed by atoms with Gasteiger partial charge in [-0.25, -0.2) is 0 Å². The Labute approximate surface area is 198 Å². The number of hydrogen-bond acceptors (Lipinski definition) is 5. The number of nitrogens with zero attached hydrogens (tertiary/aromatic N) is 2. The van der Waals surface area contributed by atoms with Gasteiger partial charge in [0, 0.05) is 42.2 Å². The first-order valence-electron chi connectivity index (χ1n) is 11.1. The van der Waals surface area contributed by atoms with Crippen molar-refractivity contribution >= 4 is 28.8 Å². The van der Waals surface area contributed by atoms with Gasteiger partial charge in [-0.3, -0.25) is 9.59 Å². The molecule has 3 aromatic rings. The molecule has 0 radical (unpaired) electrons. The van der Waals surface area contributed by atoms with E-state index in [1.54, 1.807) is 40.4 Å². The predicted octanol–water partition coefficient (Wildman–Crippen LogP) is 5.12. The van der Waals surface area contributed by atoms with Crippen molar-refractivity contribution in [2.45, 2.75) is 32.9 Å². The molecule has 0 atom stereocenters. The SMILES string of the molecule is CCN(Cc1ccc(OCc2cccs2)c(OC)c1)C(=O)c1ccc(N2CCCC2=O)cc1. The Bertz CT molecular complexity index is 1100. The molecule has 172 valence electrons. The quantitative estimate of drug-likeness (QED) is 0.441. The molecule has 33 heavy (non-hydrogen) atoms. The Morgan fingerprint density at radius 1 is 1.12 bits per heavy atom. The van der Waals surface area contributed by atoms with E-state index in [0.29, 0.717) is 43.2 Å². The number of carbonyl (C=O) groups excluding carboxylic acids is 2. The first kappa shape index (κ1) is 22.9. The third-order valence-corrected chi connectivity index (χ3v) is 6.57. The second-order valence-corrected chi connectivity index (χ2v) is 8.90. The largest absolute Gasteiger partial charge is 0.493 e. The van der Waals surface area contributed by atoms with Gasteiger partial charge in [0.15, 0.2) is 11.5 Å². The molecule has 0 N–H and O–H groups in total. The summed E-state index contributed by atoms with van der Waals surface area (Å²) in [4.78, 5) is 29.8. The molecule has 0 aliphatic carbocycles. The van der Waals surface area contributed by atoms with E-state index in [4.69, 9.17) is 9.47 Å². The van der Waals surface area contributed by atoms with Gasteiger partial charge in [-0.15, -0.1) is 11.3 Å². The summed E-state index contributed by atoms with van der Waals surface area (Å²) in [7, 11) is 1.62. The fraction of sp³-hybridized carbons (Fsp3) is 0.308. The lowest BCUT2D eigenvalue weighted by atomic mass is 10.1. The fourth-order valence-corrected chi connectivity index (χ4v) is 4.52.